The minimum absolute atomic E-state index is 0.626. The predicted octanol–water partition coefficient (Wildman–Crippen LogP) is 1.10. The monoisotopic (exact) mass is 303 g/mol. The van der Waals surface area contributed by atoms with Crippen LogP contribution in [0.4, 0.5) is 0 Å². The Hall–Kier alpha value is -1.99. The van der Waals surface area contributed by atoms with E-state index in [0.29, 0.717) is 17.7 Å². The zero-order chi connectivity index (χ0) is 15.4. The molecule has 0 N–H and O–H groups in total. The van der Waals surface area contributed by atoms with Crippen LogP contribution in [0.25, 0.3) is 0 Å². The molecule has 1 saturated heterocycles. The zero-order valence-corrected chi connectivity index (χ0v) is 13.0. The first-order chi connectivity index (χ1) is 10.7. The number of ether oxygens (including phenoxy) is 1. The van der Waals surface area contributed by atoms with Crippen molar-refractivity contribution in [3.8, 4) is 5.88 Å². The van der Waals surface area contributed by atoms with Gasteiger partial charge in [0.05, 0.1) is 13.7 Å². The van der Waals surface area contributed by atoms with Crippen LogP contribution in [0.15, 0.2) is 22.7 Å². The molecule has 1 aliphatic rings. The van der Waals surface area contributed by atoms with Crippen LogP contribution in [0.5, 0.6) is 5.88 Å². The van der Waals surface area contributed by atoms with Crippen molar-refractivity contribution >= 4 is 0 Å². The van der Waals surface area contributed by atoms with Crippen molar-refractivity contribution < 1.29 is 9.15 Å². The summed E-state index contributed by atoms with van der Waals surface area (Å²) in [7, 11) is 1.63. The first-order valence-corrected chi connectivity index (χ1v) is 7.45. The van der Waals surface area contributed by atoms with E-state index in [2.05, 4.69) is 31.0 Å². The average molecular weight is 303 g/mol. The van der Waals surface area contributed by atoms with Gasteiger partial charge in [0.15, 0.2) is 0 Å². The maximum atomic E-state index is 5.43. The molecule has 1 fully saturated rings. The SMILES string of the molecule is COc1ccc(CN2CCN(Cc3nnc(C)o3)CC2)cn1. The molecule has 0 bridgehead atoms. The second-order valence-corrected chi connectivity index (χ2v) is 5.48. The molecular formula is C15H21N5O2. The Labute approximate surface area is 129 Å². The Morgan fingerprint density at radius 1 is 1.09 bits per heavy atom. The van der Waals surface area contributed by atoms with Gasteiger partial charge in [0.1, 0.15) is 0 Å². The lowest BCUT2D eigenvalue weighted by molar-refractivity contribution is 0.114. The molecule has 0 spiro atoms. The molecule has 0 aliphatic carbocycles. The van der Waals surface area contributed by atoms with E-state index in [1.54, 1.807) is 7.11 Å². The molecule has 22 heavy (non-hydrogen) atoms. The highest BCUT2D eigenvalue weighted by atomic mass is 16.5. The van der Waals surface area contributed by atoms with Gasteiger partial charge in [-0.05, 0) is 5.56 Å². The van der Waals surface area contributed by atoms with Gasteiger partial charge in [-0.15, -0.1) is 10.2 Å². The maximum absolute atomic E-state index is 5.43. The van der Waals surface area contributed by atoms with Crippen LogP contribution >= 0.6 is 0 Å². The standard InChI is InChI=1S/C15H21N5O2/c1-12-17-18-15(22-12)11-20-7-5-19(6-8-20)10-13-3-4-14(21-2)16-9-13/h3-4,9H,5-8,10-11H2,1-2H3. The Bertz CT molecular complexity index is 590. The van der Waals surface area contributed by atoms with Gasteiger partial charge in [-0.2, -0.15) is 0 Å². The number of aryl methyl sites for hydroxylation is 1. The van der Waals surface area contributed by atoms with Crippen LogP contribution in [0.1, 0.15) is 17.3 Å². The number of aromatic nitrogens is 3. The molecule has 7 nitrogen and oxygen atoms in total. The normalized spacial score (nSPS) is 16.8. The van der Waals surface area contributed by atoms with E-state index in [1.165, 1.54) is 5.56 Å². The van der Waals surface area contributed by atoms with Gasteiger partial charge >= 0.3 is 0 Å². The summed E-state index contributed by atoms with van der Waals surface area (Å²) < 4.78 is 10.5. The van der Waals surface area contributed by atoms with Gasteiger partial charge in [0.25, 0.3) is 0 Å². The molecule has 0 aromatic carbocycles. The van der Waals surface area contributed by atoms with E-state index >= 15 is 0 Å². The first-order valence-electron chi connectivity index (χ1n) is 7.45. The summed E-state index contributed by atoms with van der Waals surface area (Å²) in [6.45, 7) is 7.54. The van der Waals surface area contributed by atoms with Gasteiger partial charge in [-0.1, -0.05) is 6.07 Å². The third kappa shape index (κ3) is 3.80. The first kappa shape index (κ1) is 14.9. The minimum Gasteiger partial charge on any atom is -0.481 e. The summed E-state index contributed by atoms with van der Waals surface area (Å²) in [5.41, 5.74) is 1.21. The smallest absolute Gasteiger partial charge is 0.230 e. The van der Waals surface area contributed by atoms with Crippen molar-refractivity contribution in [2.45, 2.75) is 20.0 Å². The lowest BCUT2D eigenvalue weighted by Gasteiger charge is -2.33. The zero-order valence-electron chi connectivity index (χ0n) is 13.0. The fourth-order valence-electron chi connectivity index (χ4n) is 2.58. The van der Waals surface area contributed by atoms with Crippen molar-refractivity contribution in [3.05, 3.63) is 35.7 Å². The third-order valence-corrected chi connectivity index (χ3v) is 3.80. The number of hydrogen-bond donors (Lipinski definition) is 0. The number of pyridine rings is 1. The summed E-state index contributed by atoms with van der Waals surface area (Å²) in [6.07, 6.45) is 1.88. The van der Waals surface area contributed by atoms with Crippen LogP contribution < -0.4 is 4.74 Å². The molecule has 0 atom stereocenters. The van der Waals surface area contributed by atoms with Crippen molar-refractivity contribution in [3.63, 3.8) is 0 Å². The van der Waals surface area contributed by atoms with Gasteiger partial charge in [0, 0.05) is 51.9 Å². The van der Waals surface area contributed by atoms with Crippen LogP contribution in [0, 0.1) is 6.92 Å². The molecule has 0 radical (unpaired) electrons. The third-order valence-electron chi connectivity index (χ3n) is 3.80. The molecule has 3 heterocycles. The lowest BCUT2D eigenvalue weighted by atomic mass is 10.2. The molecule has 3 rings (SSSR count). The second kappa shape index (κ2) is 6.85. The van der Waals surface area contributed by atoms with E-state index in [-0.39, 0.29) is 0 Å². The Balaban J connectivity index is 1.46. The van der Waals surface area contributed by atoms with Crippen LogP contribution in [0.3, 0.4) is 0 Å². The highest BCUT2D eigenvalue weighted by molar-refractivity contribution is 5.17. The quantitative estimate of drug-likeness (QED) is 0.819. The molecule has 0 unspecified atom stereocenters. The number of piperazine rings is 1. The highest BCUT2D eigenvalue weighted by Gasteiger charge is 2.19. The molecular weight excluding hydrogens is 282 g/mol. The summed E-state index contributed by atoms with van der Waals surface area (Å²) in [6, 6.07) is 3.98. The highest BCUT2D eigenvalue weighted by Crippen LogP contribution is 2.12. The second-order valence-electron chi connectivity index (χ2n) is 5.48. The van der Waals surface area contributed by atoms with Crippen molar-refractivity contribution in [2.24, 2.45) is 0 Å². The predicted molar refractivity (Wildman–Crippen MR) is 80.4 cm³/mol. The Kier molecular flexibility index (Phi) is 4.65. The van der Waals surface area contributed by atoms with E-state index in [9.17, 15) is 0 Å². The van der Waals surface area contributed by atoms with Gasteiger partial charge < -0.3 is 9.15 Å². The van der Waals surface area contributed by atoms with Crippen LogP contribution in [-0.2, 0) is 13.1 Å². The summed E-state index contributed by atoms with van der Waals surface area (Å²) in [4.78, 5) is 9.02. The molecule has 0 amide bonds. The van der Waals surface area contributed by atoms with Crippen molar-refractivity contribution in [1.82, 2.24) is 25.0 Å². The molecule has 1 aliphatic heterocycles. The fourth-order valence-corrected chi connectivity index (χ4v) is 2.58. The van der Waals surface area contributed by atoms with Gasteiger partial charge in [-0.25, -0.2) is 4.98 Å². The minimum atomic E-state index is 0.626. The Morgan fingerprint density at radius 3 is 2.36 bits per heavy atom. The summed E-state index contributed by atoms with van der Waals surface area (Å²) >= 11 is 0. The van der Waals surface area contributed by atoms with E-state index < -0.39 is 0 Å². The molecule has 2 aromatic heterocycles. The van der Waals surface area contributed by atoms with E-state index in [0.717, 1.165) is 39.3 Å². The molecule has 2 aromatic rings. The molecule has 7 heteroatoms. The number of hydrogen-bond acceptors (Lipinski definition) is 7. The number of methoxy groups -OCH3 is 1. The lowest BCUT2D eigenvalue weighted by Crippen LogP contribution is -2.45. The van der Waals surface area contributed by atoms with Crippen molar-refractivity contribution in [1.29, 1.82) is 0 Å². The van der Waals surface area contributed by atoms with E-state index in [1.807, 2.05) is 19.2 Å². The summed E-state index contributed by atoms with van der Waals surface area (Å²) in [5, 5.41) is 7.92. The number of nitrogens with zero attached hydrogens (tertiary/aromatic N) is 5. The number of rotatable bonds is 5. The van der Waals surface area contributed by atoms with Crippen LogP contribution in [-0.4, -0.2) is 58.3 Å². The molecule has 118 valence electrons. The Morgan fingerprint density at radius 2 is 1.82 bits per heavy atom. The summed E-state index contributed by atoms with van der Waals surface area (Å²) in [5.74, 6) is 1.98. The maximum Gasteiger partial charge on any atom is 0.230 e. The topological polar surface area (TPSA) is 67.5 Å². The van der Waals surface area contributed by atoms with Gasteiger partial charge in [0.2, 0.25) is 17.7 Å². The van der Waals surface area contributed by atoms with Crippen LogP contribution in [0.2, 0.25) is 0 Å². The largest absolute Gasteiger partial charge is 0.481 e. The van der Waals surface area contributed by atoms with Gasteiger partial charge in [-0.3, -0.25) is 9.80 Å². The fraction of sp³-hybridized carbons (Fsp3) is 0.533. The van der Waals surface area contributed by atoms with Crippen molar-refractivity contribution in [2.75, 3.05) is 33.3 Å². The van der Waals surface area contributed by atoms with E-state index in [4.69, 9.17) is 9.15 Å². The average Bonchev–Trinajstić information content (AvgIpc) is 2.95. The molecule has 0 saturated carbocycles.